The van der Waals surface area contributed by atoms with Gasteiger partial charge in [-0.3, -0.25) is 4.79 Å². The molecule has 0 fully saturated rings. The molecule has 2 aromatic rings. The number of rotatable bonds is 2. The number of Topliss-reactive ketones (excluding diaryl/α,β-unsaturated/α-hetero) is 1. The zero-order chi connectivity index (χ0) is 12.7. The van der Waals surface area contributed by atoms with Crippen molar-refractivity contribution in [3.8, 4) is 11.5 Å². The molecule has 0 N–H and O–H groups in total. The molecule has 1 aliphatic rings. The van der Waals surface area contributed by atoms with Crippen LogP contribution in [0.4, 0.5) is 0 Å². The molecule has 0 saturated carbocycles. The smallest absolute Gasteiger partial charge is 0.175 e. The van der Waals surface area contributed by atoms with Crippen LogP contribution in [0, 0.1) is 5.92 Å². The number of benzene rings is 1. The molecule has 0 radical (unpaired) electrons. The lowest BCUT2D eigenvalue weighted by Gasteiger charge is -2.17. The highest BCUT2D eigenvalue weighted by Crippen LogP contribution is 2.38. The van der Waals surface area contributed by atoms with E-state index >= 15 is 0 Å². The van der Waals surface area contributed by atoms with Gasteiger partial charge in [0.1, 0.15) is 13.2 Å². The van der Waals surface area contributed by atoms with Crippen LogP contribution in [0.15, 0.2) is 18.2 Å². The van der Waals surface area contributed by atoms with Gasteiger partial charge in [0, 0.05) is 16.7 Å². The molecule has 0 amide bonds. The van der Waals surface area contributed by atoms with Crippen molar-refractivity contribution in [2.45, 2.75) is 13.8 Å². The van der Waals surface area contributed by atoms with Gasteiger partial charge in [-0.15, -0.1) is 11.3 Å². The Bertz CT molecular complexity index is 570. The van der Waals surface area contributed by atoms with Gasteiger partial charge in [-0.05, 0) is 17.5 Å². The van der Waals surface area contributed by atoms with Crippen LogP contribution in [0.5, 0.6) is 11.5 Å². The van der Waals surface area contributed by atoms with E-state index < -0.39 is 0 Å². The Morgan fingerprint density at radius 2 is 1.83 bits per heavy atom. The van der Waals surface area contributed by atoms with E-state index in [-0.39, 0.29) is 11.7 Å². The Kier molecular flexibility index (Phi) is 2.74. The summed E-state index contributed by atoms with van der Waals surface area (Å²) >= 11 is 1.52. The molecule has 1 aromatic heterocycles. The third kappa shape index (κ3) is 1.86. The first-order chi connectivity index (χ1) is 8.65. The minimum Gasteiger partial charge on any atom is -0.486 e. The first-order valence-corrected chi connectivity index (χ1v) is 6.84. The maximum atomic E-state index is 12.0. The molecule has 0 aliphatic carbocycles. The van der Waals surface area contributed by atoms with Gasteiger partial charge in [-0.2, -0.15) is 0 Å². The summed E-state index contributed by atoms with van der Waals surface area (Å²) in [7, 11) is 0. The molecule has 0 saturated heterocycles. The minimum absolute atomic E-state index is 0.0280. The topological polar surface area (TPSA) is 35.5 Å². The molecule has 4 heteroatoms. The average molecular weight is 262 g/mol. The predicted molar refractivity (Wildman–Crippen MR) is 72.0 cm³/mol. The van der Waals surface area contributed by atoms with Gasteiger partial charge in [-0.25, -0.2) is 0 Å². The molecule has 0 bridgehead atoms. The summed E-state index contributed by atoms with van der Waals surface area (Å²) in [6.45, 7) is 5.01. The van der Waals surface area contributed by atoms with Gasteiger partial charge in [0.2, 0.25) is 0 Å². The van der Waals surface area contributed by atoms with Crippen molar-refractivity contribution < 1.29 is 14.3 Å². The zero-order valence-electron chi connectivity index (χ0n) is 10.4. The number of carbonyl (C=O) groups excluding carboxylic acids is 1. The normalized spacial score (nSPS) is 14.2. The SMILES string of the molecule is CC(C)C(=O)c1cc2cc3c(cc2s1)OCCO3. The lowest BCUT2D eigenvalue weighted by atomic mass is 10.1. The van der Waals surface area contributed by atoms with E-state index in [0.717, 1.165) is 26.5 Å². The fourth-order valence-corrected chi connectivity index (χ4v) is 3.14. The van der Waals surface area contributed by atoms with Crippen LogP contribution in [0.1, 0.15) is 23.5 Å². The molecule has 0 spiro atoms. The average Bonchev–Trinajstić information content (AvgIpc) is 2.77. The molecular formula is C14H14O3S. The van der Waals surface area contributed by atoms with Crippen LogP contribution < -0.4 is 9.47 Å². The summed E-state index contributed by atoms with van der Waals surface area (Å²) in [4.78, 5) is 12.8. The standard InChI is InChI=1S/C14H14O3S/c1-8(2)14(15)13-6-9-5-10-11(7-12(9)18-13)17-4-3-16-10/h5-8H,3-4H2,1-2H3. The second kappa shape index (κ2) is 4.28. The maximum absolute atomic E-state index is 12.0. The van der Waals surface area contributed by atoms with E-state index in [4.69, 9.17) is 9.47 Å². The first-order valence-electron chi connectivity index (χ1n) is 6.02. The van der Waals surface area contributed by atoms with Crippen molar-refractivity contribution >= 4 is 27.2 Å². The Balaban J connectivity index is 2.09. The van der Waals surface area contributed by atoms with Gasteiger partial charge in [0.05, 0.1) is 4.88 Å². The quantitative estimate of drug-likeness (QED) is 0.777. The van der Waals surface area contributed by atoms with E-state index in [2.05, 4.69) is 0 Å². The van der Waals surface area contributed by atoms with Crippen LogP contribution in [0.3, 0.4) is 0 Å². The molecule has 0 atom stereocenters. The highest BCUT2D eigenvalue weighted by atomic mass is 32.1. The second-order valence-electron chi connectivity index (χ2n) is 4.66. The molecule has 3 nitrogen and oxygen atoms in total. The molecule has 1 aliphatic heterocycles. The zero-order valence-corrected chi connectivity index (χ0v) is 11.2. The van der Waals surface area contributed by atoms with Crippen molar-refractivity contribution in [2.75, 3.05) is 13.2 Å². The summed E-state index contributed by atoms with van der Waals surface area (Å²) in [5.74, 6) is 1.77. The number of thiophene rings is 1. The summed E-state index contributed by atoms with van der Waals surface area (Å²) in [6.07, 6.45) is 0. The van der Waals surface area contributed by atoms with Crippen LogP contribution in [-0.4, -0.2) is 19.0 Å². The molecule has 0 unspecified atom stereocenters. The van der Waals surface area contributed by atoms with Crippen molar-refractivity contribution in [1.82, 2.24) is 0 Å². The number of ether oxygens (including phenoxy) is 2. The monoisotopic (exact) mass is 262 g/mol. The van der Waals surface area contributed by atoms with Gasteiger partial charge >= 0.3 is 0 Å². The van der Waals surface area contributed by atoms with Gasteiger partial charge < -0.3 is 9.47 Å². The maximum Gasteiger partial charge on any atom is 0.175 e. The molecular weight excluding hydrogens is 248 g/mol. The molecule has 1 aromatic carbocycles. The second-order valence-corrected chi connectivity index (χ2v) is 5.75. The Morgan fingerprint density at radius 1 is 1.17 bits per heavy atom. The van der Waals surface area contributed by atoms with Crippen molar-refractivity contribution in [1.29, 1.82) is 0 Å². The Labute approximate surface area is 109 Å². The van der Waals surface area contributed by atoms with Gasteiger partial charge in [0.25, 0.3) is 0 Å². The third-order valence-electron chi connectivity index (χ3n) is 2.95. The summed E-state index contributed by atoms with van der Waals surface area (Å²) in [5.41, 5.74) is 0. The number of ketones is 1. The fourth-order valence-electron chi connectivity index (χ4n) is 1.98. The van der Waals surface area contributed by atoms with Crippen LogP contribution in [0.25, 0.3) is 10.1 Å². The number of fused-ring (bicyclic) bond motifs is 2. The fraction of sp³-hybridized carbons (Fsp3) is 0.357. The largest absolute Gasteiger partial charge is 0.486 e. The highest BCUT2D eigenvalue weighted by molar-refractivity contribution is 7.20. The van der Waals surface area contributed by atoms with Crippen LogP contribution in [-0.2, 0) is 0 Å². The van der Waals surface area contributed by atoms with E-state index in [9.17, 15) is 4.79 Å². The molecule has 2 heterocycles. The van der Waals surface area contributed by atoms with Crippen LogP contribution in [0.2, 0.25) is 0 Å². The van der Waals surface area contributed by atoms with Gasteiger partial charge in [-0.1, -0.05) is 13.8 Å². The minimum atomic E-state index is 0.0280. The van der Waals surface area contributed by atoms with E-state index in [1.54, 1.807) is 0 Å². The van der Waals surface area contributed by atoms with Crippen molar-refractivity contribution in [3.05, 3.63) is 23.1 Å². The van der Waals surface area contributed by atoms with Gasteiger partial charge in [0.15, 0.2) is 17.3 Å². The highest BCUT2D eigenvalue weighted by Gasteiger charge is 2.17. The van der Waals surface area contributed by atoms with E-state index in [1.165, 1.54) is 11.3 Å². The summed E-state index contributed by atoms with van der Waals surface area (Å²) in [5, 5.41) is 1.05. The predicted octanol–water partition coefficient (Wildman–Crippen LogP) is 3.51. The summed E-state index contributed by atoms with van der Waals surface area (Å²) < 4.78 is 12.2. The van der Waals surface area contributed by atoms with Crippen molar-refractivity contribution in [3.63, 3.8) is 0 Å². The third-order valence-corrected chi connectivity index (χ3v) is 4.06. The van der Waals surface area contributed by atoms with Crippen LogP contribution >= 0.6 is 11.3 Å². The first kappa shape index (κ1) is 11.5. The lowest BCUT2D eigenvalue weighted by Crippen LogP contribution is -2.14. The molecule has 94 valence electrons. The van der Waals surface area contributed by atoms with E-state index in [1.807, 2.05) is 32.0 Å². The summed E-state index contributed by atoms with van der Waals surface area (Å²) in [6, 6.07) is 5.86. The Hall–Kier alpha value is -1.55. The van der Waals surface area contributed by atoms with Crippen molar-refractivity contribution in [2.24, 2.45) is 5.92 Å². The number of hydrogen-bond donors (Lipinski definition) is 0. The molecule has 18 heavy (non-hydrogen) atoms. The lowest BCUT2D eigenvalue weighted by molar-refractivity contribution is 0.0943. The Morgan fingerprint density at radius 3 is 2.50 bits per heavy atom. The van der Waals surface area contributed by atoms with E-state index in [0.29, 0.717) is 13.2 Å². The molecule has 3 rings (SSSR count). The number of carbonyl (C=O) groups is 1. The number of hydrogen-bond acceptors (Lipinski definition) is 4.